The van der Waals surface area contributed by atoms with Crippen LogP contribution in [-0.4, -0.2) is 166 Å². The van der Waals surface area contributed by atoms with Crippen molar-refractivity contribution < 1.29 is 78.4 Å². The van der Waals surface area contributed by atoms with E-state index in [1.807, 2.05) is 12.4 Å². The zero-order valence-electron chi connectivity index (χ0n) is 42.1. The van der Waals surface area contributed by atoms with Gasteiger partial charge in [-0.25, -0.2) is 9.59 Å². The van der Waals surface area contributed by atoms with Gasteiger partial charge in [0.25, 0.3) is 5.69 Å². The largest absolute Gasteiger partial charge is 0.479 e. The molecule has 2 aliphatic heterocycles. The van der Waals surface area contributed by atoms with E-state index in [4.69, 9.17) is 28.4 Å². The molecule has 9 unspecified atom stereocenters. The number of carbonyl (C=O) groups is 3. The lowest BCUT2D eigenvalue weighted by Crippen LogP contribution is -2.64. The first-order valence-corrected chi connectivity index (χ1v) is 26.1. The number of carbonyl (C=O) groups excluding carboxylic acids is 2. The molecule has 2 saturated heterocycles. The molecule has 75 heavy (non-hydrogen) atoms. The number of amides is 1. The van der Waals surface area contributed by atoms with Crippen LogP contribution >= 0.6 is 0 Å². The highest BCUT2D eigenvalue weighted by Crippen LogP contribution is 2.39. The number of aliphatic hydroxyl groups excluding tert-OH is 5. The number of ether oxygens (including phenoxy) is 6. The maximum absolute atomic E-state index is 14.1. The van der Waals surface area contributed by atoms with Gasteiger partial charge in [0.15, 0.2) is 24.8 Å². The number of hydrogen-bond donors (Lipinski definition) is 8. The Kier molecular flexibility index (Phi) is 19.0. The van der Waals surface area contributed by atoms with Gasteiger partial charge < -0.3 is 69.4 Å². The van der Waals surface area contributed by atoms with Crippen LogP contribution in [0.25, 0.3) is 10.9 Å². The lowest BCUT2D eigenvalue weighted by molar-refractivity contribution is -0.384. The minimum Gasteiger partial charge on any atom is -0.479 e. The van der Waals surface area contributed by atoms with Gasteiger partial charge in [-0.1, -0.05) is 62.4 Å². The molecule has 0 bridgehead atoms. The number of esters is 1. The van der Waals surface area contributed by atoms with Crippen LogP contribution < -0.4 is 5.32 Å². The minimum atomic E-state index is -1.71. The number of rotatable bonds is 22. The van der Waals surface area contributed by atoms with E-state index < -0.39 is 115 Å². The van der Waals surface area contributed by atoms with E-state index in [0.717, 1.165) is 54.3 Å². The molecule has 410 valence electrons. The number of aliphatic hydroxyl groups is 5. The summed E-state index contributed by atoms with van der Waals surface area (Å²) >= 11 is 0. The molecule has 23 nitrogen and oxygen atoms in total. The molecular formula is C52H70N6O17. The van der Waals surface area contributed by atoms with E-state index in [1.54, 1.807) is 41.9 Å². The SMILES string of the molecule is CC1CC(C(=O)NCCCc2cn(CCCc3c[nH]c4ccc([N+](=O)[O-])cc34)nn2)C[C@@H](O[C@@H]2OC(CO)[C@H](O)C(O[C@@H](CC3CCCCC3)C(=O)O)C2OC(=O)c2ccccc2)C1O[C@@H]1OC(C)[C@@H](O)C(O)C1O. The van der Waals surface area contributed by atoms with E-state index in [-0.39, 0.29) is 48.9 Å². The highest BCUT2D eigenvalue weighted by atomic mass is 16.7. The Morgan fingerprint density at radius 3 is 2.41 bits per heavy atom. The van der Waals surface area contributed by atoms with Crippen molar-refractivity contribution >= 4 is 34.4 Å². The van der Waals surface area contributed by atoms with Crippen LogP contribution in [0.1, 0.15) is 99.7 Å². The summed E-state index contributed by atoms with van der Waals surface area (Å²) in [6.07, 6.45) is -7.88. The number of non-ortho nitro benzene ring substituents is 1. The Hall–Kier alpha value is -5.47. The van der Waals surface area contributed by atoms with Gasteiger partial charge in [-0.3, -0.25) is 19.6 Å². The van der Waals surface area contributed by atoms with Gasteiger partial charge >= 0.3 is 11.9 Å². The van der Waals surface area contributed by atoms with Crippen molar-refractivity contribution in [1.29, 1.82) is 0 Å². The Bertz CT molecular complexity index is 2520. The number of carboxylic acids is 1. The minimum absolute atomic E-state index is 0.0267. The summed E-state index contributed by atoms with van der Waals surface area (Å²) < 4.78 is 39.2. The summed E-state index contributed by atoms with van der Waals surface area (Å²) in [5, 5.41) is 88.7. The van der Waals surface area contributed by atoms with Crippen molar-refractivity contribution in [2.24, 2.45) is 17.8 Å². The molecule has 2 saturated carbocycles. The first-order valence-electron chi connectivity index (χ1n) is 26.1. The highest BCUT2D eigenvalue weighted by Gasteiger charge is 2.54. The predicted molar refractivity (Wildman–Crippen MR) is 264 cm³/mol. The third-order valence-electron chi connectivity index (χ3n) is 15.1. The molecule has 2 aromatic heterocycles. The molecule has 4 aromatic rings. The zero-order valence-corrected chi connectivity index (χ0v) is 42.1. The molecule has 23 heteroatoms. The van der Waals surface area contributed by atoms with Crippen LogP contribution in [0.2, 0.25) is 0 Å². The first-order chi connectivity index (χ1) is 36.1. The van der Waals surface area contributed by atoms with Crippen LogP contribution in [0.3, 0.4) is 0 Å². The van der Waals surface area contributed by atoms with E-state index in [0.29, 0.717) is 32.2 Å². The number of fused-ring (bicyclic) bond motifs is 1. The molecule has 15 atom stereocenters. The highest BCUT2D eigenvalue weighted by molar-refractivity contribution is 5.89. The fraction of sp³-hybridized carbons (Fsp3) is 0.635. The third kappa shape index (κ3) is 13.7. The van der Waals surface area contributed by atoms with Crippen molar-refractivity contribution in [3.63, 3.8) is 0 Å². The van der Waals surface area contributed by atoms with E-state index >= 15 is 0 Å². The van der Waals surface area contributed by atoms with E-state index in [1.165, 1.54) is 25.1 Å². The smallest absolute Gasteiger partial charge is 0.338 e. The van der Waals surface area contributed by atoms with Crippen LogP contribution in [0.4, 0.5) is 5.69 Å². The van der Waals surface area contributed by atoms with Crippen molar-refractivity contribution in [3.05, 3.63) is 87.9 Å². The van der Waals surface area contributed by atoms with Crippen LogP contribution in [-0.2, 0) is 57.4 Å². The Labute approximate surface area is 432 Å². The van der Waals surface area contributed by atoms with Crippen molar-refractivity contribution in [2.75, 3.05) is 13.2 Å². The molecule has 1 amide bonds. The average Bonchev–Trinajstić information content (AvgIpc) is 4.05. The van der Waals surface area contributed by atoms with E-state index in [2.05, 4.69) is 20.6 Å². The molecule has 0 spiro atoms. The summed E-state index contributed by atoms with van der Waals surface area (Å²) in [6, 6.07) is 12.7. The Morgan fingerprint density at radius 1 is 0.907 bits per heavy atom. The number of benzene rings is 2. The van der Waals surface area contributed by atoms with Crippen molar-refractivity contribution in [2.45, 2.75) is 177 Å². The second kappa shape index (κ2) is 25.6. The second-order valence-electron chi connectivity index (χ2n) is 20.5. The number of nitro groups is 1. The van der Waals surface area contributed by atoms with Crippen LogP contribution in [0.5, 0.6) is 0 Å². The molecular weight excluding hydrogens is 981 g/mol. The maximum Gasteiger partial charge on any atom is 0.338 e. The summed E-state index contributed by atoms with van der Waals surface area (Å²) in [5.74, 6) is -3.67. The first kappa shape index (κ1) is 55.8. The molecule has 4 fully saturated rings. The van der Waals surface area contributed by atoms with Crippen molar-refractivity contribution in [1.82, 2.24) is 25.3 Å². The average molecular weight is 1050 g/mol. The number of nitrogens with zero attached hydrogens (tertiary/aromatic N) is 4. The quantitative estimate of drug-likeness (QED) is 0.0243. The van der Waals surface area contributed by atoms with Gasteiger partial charge in [-0.05, 0) is 87.5 Å². The second-order valence-corrected chi connectivity index (χ2v) is 20.5. The van der Waals surface area contributed by atoms with Gasteiger partial charge in [-0.2, -0.15) is 0 Å². The molecule has 8 rings (SSSR count). The fourth-order valence-corrected chi connectivity index (χ4v) is 10.9. The standard InChI is InChI=1S/C52H70N6O17/c1-28-21-33(48(64)53-19-9-16-34-26-57(56-55-34)20-10-15-32-25-54-37-18-17-35(58(68)69)24-36(32)37)23-38(45(28)75-51-44(63)43(62)41(60)29(2)70-51)72-52-47(74-50(67)31-13-7-4-8-14-31)46(42(61)40(27-59)73-52)71-39(49(65)66)22-30-11-5-3-6-12-30/h4,7-8,13-14,17-18,24-26,28-30,33,38-47,51-52,54,59-63H,3,5-6,9-12,15-16,19-23,27H2,1-2H3,(H,53,64)(H,65,66)/t28?,29?,33?,38-,39+,40?,41-,42+,43?,44?,45?,46?,47?,51+,52-/m1/s1. The van der Waals surface area contributed by atoms with Crippen molar-refractivity contribution in [3.8, 4) is 0 Å². The van der Waals surface area contributed by atoms with Gasteiger partial charge in [0, 0.05) is 54.4 Å². The summed E-state index contributed by atoms with van der Waals surface area (Å²) in [7, 11) is 0. The predicted octanol–water partition coefficient (Wildman–Crippen LogP) is 3.11. The lowest BCUT2D eigenvalue weighted by atomic mass is 9.77. The summed E-state index contributed by atoms with van der Waals surface area (Å²) in [5.41, 5.74) is 2.65. The molecule has 8 N–H and O–H groups in total. The molecule has 4 aliphatic rings. The summed E-state index contributed by atoms with van der Waals surface area (Å²) in [6.45, 7) is 3.37. The number of aryl methyl sites for hydroxylation is 3. The van der Waals surface area contributed by atoms with Gasteiger partial charge in [0.05, 0.1) is 41.1 Å². The van der Waals surface area contributed by atoms with E-state index in [9.17, 15) is 55.1 Å². The number of nitro benzene ring substituents is 1. The van der Waals surface area contributed by atoms with Gasteiger partial charge in [0.2, 0.25) is 5.91 Å². The number of nitrogens with one attached hydrogen (secondary N) is 2. The van der Waals surface area contributed by atoms with Gasteiger partial charge in [-0.15, -0.1) is 5.10 Å². The number of carboxylic acid groups (broad SMARTS) is 1. The molecule has 4 heterocycles. The van der Waals surface area contributed by atoms with Crippen LogP contribution in [0, 0.1) is 27.9 Å². The number of H-pyrrole nitrogens is 1. The zero-order chi connectivity index (χ0) is 53.3. The summed E-state index contributed by atoms with van der Waals surface area (Å²) in [4.78, 5) is 54.9. The molecule has 0 radical (unpaired) electrons. The third-order valence-corrected chi connectivity index (χ3v) is 15.1. The Balaban J connectivity index is 0.962. The topological polar surface area (TPSA) is 330 Å². The number of aromatic amines is 1. The Morgan fingerprint density at radius 2 is 1.68 bits per heavy atom. The normalized spacial score (nSPS) is 30.9. The number of aromatic nitrogens is 4. The van der Waals surface area contributed by atoms with Gasteiger partial charge in [0.1, 0.15) is 36.6 Å². The molecule has 2 aromatic carbocycles. The maximum atomic E-state index is 14.1. The lowest BCUT2D eigenvalue weighted by Gasteiger charge is -2.48. The number of aliphatic carboxylic acids is 1. The monoisotopic (exact) mass is 1050 g/mol. The fourth-order valence-electron chi connectivity index (χ4n) is 10.9. The number of hydrogen-bond acceptors (Lipinski definition) is 18. The molecule has 2 aliphatic carbocycles. The van der Waals surface area contributed by atoms with Crippen LogP contribution in [0.15, 0.2) is 60.9 Å².